The smallest absolute Gasteiger partial charge is 0.311 e. The number of hydrogen-bond donors (Lipinski definition) is 2. The molecule has 10 heteroatoms. The van der Waals surface area contributed by atoms with Gasteiger partial charge < -0.3 is 19.9 Å². The fraction of sp³-hybridized carbons (Fsp3) is 0.200. The minimum atomic E-state index is -3.27. The van der Waals surface area contributed by atoms with Gasteiger partial charge in [-0.15, -0.1) is 0 Å². The second-order valence-corrected chi connectivity index (χ2v) is 8.71. The zero-order valence-electron chi connectivity index (χ0n) is 18.1. The van der Waals surface area contributed by atoms with Crippen molar-refractivity contribution < 1.29 is 33.0 Å². The summed E-state index contributed by atoms with van der Waals surface area (Å²) in [6, 6.07) is 14.0. The van der Waals surface area contributed by atoms with E-state index < -0.39 is 30.3 Å². The van der Waals surface area contributed by atoms with Crippen molar-refractivity contribution in [3.8, 4) is 17.2 Å². The third-order valence-corrected chi connectivity index (χ3v) is 6.03. The van der Waals surface area contributed by atoms with Crippen LogP contribution in [-0.2, 0) is 10.7 Å². The van der Waals surface area contributed by atoms with Crippen molar-refractivity contribution in [2.75, 3.05) is 13.2 Å². The molecule has 1 unspecified atom stereocenters. The van der Waals surface area contributed by atoms with Gasteiger partial charge in [-0.05, 0) is 48.9 Å². The molecule has 0 spiro atoms. The van der Waals surface area contributed by atoms with Crippen LogP contribution in [0.2, 0.25) is 10.0 Å². The molecule has 3 aromatic carbocycles. The Morgan fingerprint density at radius 1 is 1.09 bits per heavy atom. The lowest BCUT2D eigenvalue weighted by atomic mass is 9.93. The molecule has 1 atom stereocenters. The number of alkyl halides is 2. The zero-order chi connectivity index (χ0) is 25.2. The number of aliphatic carboxylic acids is 1. The highest BCUT2D eigenvalue weighted by Crippen LogP contribution is 2.41. The monoisotopic (exact) mass is 521 g/mol. The molecule has 0 aromatic heterocycles. The van der Waals surface area contributed by atoms with Crippen molar-refractivity contribution in [1.29, 1.82) is 0 Å². The van der Waals surface area contributed by atoms with E-state index in [0.29, 0.717) is 28.5 Å². The summed E-state index contributed by atoms with van der Waals surface area (Å²) in [6.45, 7) is -0.625. The third-order valence-electron chi connectivity index (χ3n) is 5.48. The fourth-order valence-corrected chi connectivity index (χ4v) is 3.95. The molecule has 182 valence electrons. The van der Waals surface area contributed by atoms with E-state index in [1.54, 1.807) is 0 Å². The average Bonchev–Trinajstić information content (AvgIpc) is 2.83. The van der Waals surface area contributed by atoms with Crippen LogP contribution < -0.4 is 14.8 Å². The Balaban J connectivity index is 1.41. The Bertz CT molecular complexity index is 1250. The molecule has 0 saturated heterocycles. The molecule has 4 rings (SSSR count). The first-order valence-electron chi connectivity index (χ1n) is 10.5. The molecule has 1 aliphatic rings. The molecule has 0 aliphatic carbocycles. The first-order chi connectivity index (χ1) is 16.6. The standard InChI is InChI=1S/C25H19Cl2F2NO5/c26-16-5-3-15(4-6-16)25(28,29)13-30-23(31)14-1-7-17(8-2-14)35-22-12-21-19(11-20(22)27)18(24(32)33)9-10-34-21/h1-8,11-12,18H,9-10,13H2,(H,30,31)(H,32,33). The van der Waals surface area contributed by atoms with Gasteiger partial charge in [0, 0.05) is 27.8 Å². The predicted octanol–water partition coefficient (Wildman–Crippen LogP) is 6.26. The topological polar surface area (TPSA) is 84.9 Å². The Labute approximate surface area is 209 Å². The number of carboxylic acid groups (broad SMARTS) is 1. The number of halogens is 4. The number of ether oxygens (including phenoxy) is 2. The summed E-state index contributed by atoms with van der Waals surface area (Å²) in [6.07, 6.45) is 0.341. The molecular formula is C25H19Cl2F2NO5. The summed E-state index contributed by atoms with van der Waals surface area (Å²) in [4.78, 5) is 23.8. The number of carbonyl (C=O) groups is 2. The van der Waals surface area contributed by atoms with Crippen LogP contribution in [0.1, 0.15) is 33.8 Å². The normalized spacial score (nSPS) is 15.0. The molecule has 6 nitrogen and oxygen atoms in total. The maximum atomic E-state index is 14.4. The quantitative estimate of drug-likeness (QED) is 0.383. The van der Waals surface area contributed by atoms with Crippen molar-refractivity contribution in [2.24, 2.45) is 0 Å². The highest BCUT2D eigenvalue weighted by molar-refractivity contribution is 6.32. The van der Waals surface area contributed by atoms with Gasteiger partial charge in [0.1, 0.15) is 17.2 Å². The van der Waals surface area contributed by atoms with Crippen LogP contribution in [-0.4, -0.2) is 30.1 Å². The summed E-state index contributed by atoms with van der Waals surface area (Å²) in [5.41, 5.74) is 0.378. The van der Waals surface area contributed by atoms with Gasteiger partial charge in [-0.25, -0.2) is 0 Å². The molecule has 1 aliphatic heterocycles. The van der Waals surface area contributed by atoms with Crippen molar-refractivity contribution in [2.45, 2.75) is 18.3 Å². The number of fused-ring (bicyclic) bond motifs is 1. The number of rotatable bonds is 7. The summed E-state index contributed by atoms with van der Waals surface area (Å²) in [5.74, 6) is -4.66. The number of amides is 1. The van der Waals surface area contributed by atoms with E-state index in [-0.39, 0.29) is 28.5 Å². The number of hydrogen-bond acceptors (Lipinski definition) is 4. The molecule has 0 radical (unpaired) electrons. The van der Waals surface area contributed by atoms with Crippen LogP contribution in [0.5, 0.6) is 17.2 Å². The lowest BCUT2D eigenvalue weighted by Gasteiger charge is -2.24. The van der Waals surface area contributed by atoms with Crippen LogP contribution in [0.3, 0.4) is 0 Å². The van der Waals surface area contributed by atoms with Gasteiger partial charge >= 0.3 is 5.97 Å². The van der Waals surface area contributed by atoms with Crippen LogP contribution in [0.25, 0.3) is 0 Å². The molecule has 2 N–H and O–H groups in total. The highest BCUT2D eigenvalue weighted by Gasteiger charge is 2.32. The number of carbonyl (C=O) groups excluding carboxylic acids is 1. The lowest BCUT2D eigenvalue weighted by Crippen LogP contribution is -2.34. The van der Waals surface area contributed by atoms with Gasteiger partial charge in [-0.3, -0.25) is 9.59 Å². The van der Waals surface area contributed by atoms with Crippen LogP contribution in [0, 0.1) is 0 Å². The SMILES string of the molecule is O=C(NCC(F)(F)c1ccc(Cl)cc1)c1ccc(Oc2cc3c(cc2Cl)C(C(=O)O)CCO3)cc1. The largest absolute Gasteiger partial charge is 0.493 e. The fourth-order valence-electron chi connectivity index (χ4n) is 3.61. The van der Waals surface area contributed by atoms with Gasteiger partial charge in [0.2, 0.25) is 0 Å². The molecule has 35 heavy (non-hydrogen) atoms. The first kappa shape index (κ1) is 24.8. The van der Waals surface area contributed by atoms with Gasteiger partial charge in [0.15, 0.2) is 0 Å². The van der Waals surface area contributed by atoms with Crippen LogP contribution in [0.15, 0.2) is 60.7 Å². The van der Waals surface area contributed by atoms with E-state index >= 15 is 0 Å². The predicted molar refractivity (Wildman–Crippen MR) is 126 cm³/mol. The summed E-state index contributed by atoms with van der Waals surface area (Å²) in [7, 11) is 0. The Morgan fingerprint density at radius 2 is 1.77 bits per heavy atom. The van der Waals surface area contributed by atoms with E-state index in [1.807, 2.05) is 0 Å². The minimum Gasteiger partial charge on any atom is -0.493 e. The molecule has 3 aromatic rings. The van der Waals surface area contributed by atoms with Crippen LogP contribution in [0.4, 0.5) is 8.78 Å². The molecule has 1 heterocycles. The zero-order valence-corrected chi connectivity index (χ0v) is 19.6. The molecule has 0 bridgehead atoms. The van der Waals surface area contributed by atoms with Crippen molar-refractivity contribution in [3.63, 3.8) is 0 Å². The number of benzene rings is 3. The van der Waals surface area contributed by atoms with E-state index in [4.69, 9.17) is 32.7 Å². The molecular weight excluding hydrogens is 503 g/mol. The molecule has 1 amide bonds. The van der Waals surface area contributed by atoms with Gasteiger partial charge in [-0.2, -0.15) is 8.78 Å². The van der Waals surface area contributed by atoms with E-state index in [0.717, 1.165) is 0 Å². The second kappa shape index (κ2) is 10.1. The second-order valence-electron chi connectivity index (χ2n) is 7.87. The maximum Gasteiger partial charge on any atom is 0.311 e. The molecule has 0 saturated carbocycles. The highest BCUT2D eigenvalue weighted by atomic mass is 35.5. The third kappa shape index (κ3) is 5.66. The minimum absolute atomic E-state index is 0.161. The average molecular weight is 522 g/mol. The van der Waals surface area contributed by atoms with Gasteiger partial charge in [0.25, 0.3) is 11.8 Å². The van der Waals surface area contributed by atoms with E-state index in [9.17, 15) is 23.5 Å². The number of nitrogens with one attached hydrogen (secondary N) is 1. The first-order valence-corrected chi connectivity index (χ1v) is 11.3. The molecule has 0 fully saturated rings. The summed E-state index contributed by atoms with van der Waals surface area (Å²) in [5, 5.41) is 12.2. The van der Waals surface area contributed by atoms with Crippen molar-refractivity contribution in [3.05, 3.63) is 87.4 Å². The van der Waals surface area contributed by atoms with Gasteiger partial charge in [-0.1, -0.05) is 35.3 Å². The van der Waals surface area contributed by atoms with E-state index in [1.165, 1.54) is 60.7 Å². The van der Waals surface area contributed by atoms with Crippen molar-refractivity contribution >= 4 is 35.1 Å². The lowest BCUT2D eigenvalue weighted by molar-refractivity contribution is -0.139. The van der Waals surface area contributed by atoms with Crippen LogP contribution >= 0.6 is 23.2 Å². The van der Waals surface area contributed by atoms with E-state index in [2.05, 4.69) is 5.32 Å². The van der Waals surface area contributed by atoms with Gasteiger partial charge in [0.05, 0.1) is 24.1 Å². The number of carboxylic acids is 1. The Hall–Kier alpha value is -3.36. The Kier molecular flexibility index (Phi) is 7.14. The maximum absolute atomic E-state index is 14.4. The van der Waals surface area contributed by atoms with Crippen molar-refractivity contribution in [1.82, 2.24) is 5.32 Å². The Morgan fingerprint density at radius 3 is 2.43 bits per heavy atom. The summed E-state index contributed by atoms with van der Waals surface area (Å²) >= 11 is 12.0. The summed E-state index contributed by atoms with van der Waals surface area (Å²) < 4.78 is 40.0.